The predicted molar refractivity (Wildman–Crippen MR) is 88.6 cm³/mol. The summed E-state index contributed by atoms with van der Waals surface area (Å²) in [7, 11) is 0. The van der Waals surface area contributed by atoms with Crippen molar-refractivity contribution < 1.29 is 4.79 Å². The van der Waals surface area contributed by atoms with Crippen LogP contribution >= 0.6 is 22.9 Å². The summed E-state index contributed by atoms with van der Waals surface area (Å²) in [5, 5.41) is 14.0. The molecule has 2 aromatic heterocycles. The molecule has 3 rings (SSSR count). The molecule has 0 atom stereocenters. The van der Waals surface area contributed by atoms with Crippen molar-refractivity contribution in [3.63, 3.8) is 0 Å². The molecule has 1 aliphatic rings. The number of hydrogen-bond acceptors (Lipinski definition) is 6. The zero-order valence-corrected chi connectivity index (χ0v) is 13.9. The summed E-state index contributed by atoms with van der Waals surface area (Å²) in [5.74, 6) is 0.101. The van der Waals surface area contributed by atoms with E-state index < -0.39 is 0 Å². The predicted octanol–water partition coefficient (Wildman–Crippen LogP) is 2.74. The average Bonchev–Trinajstić information content (AvgIpc) is 3.11. The number of hydrogen-bond donors (Lipinski definition) is 0. The summed E-state index contributed by atoms with van der Waals surface area (Å²) in [4.78, 5) is 16.5. The molecule has 0 radical (unpaired) electrons. The van der Waals surface area contributed by atoms with Crippen LogP contribution in [0.2, 0.25) is 0 Å². The van der Waals surface area contributed by atoms with E-state index in [4.69, 9.17) is 0 Å². The van der Waals surface area contributed by atoms with E-state index in [1.807, 2.05) is 28.7 Å². The van der Waals surface area contributed by atoms with Crippen LogP contribution in [0.15, 0.2) is 16.8 Å². The van der Waals surface area contributed by atoms with Gasteiger partial charge in [0.15, 0.2) is 0 Å². The molecular formula is C15H16N4OS2. The summed E-state index contributed by atoms with van der Waals surface area (Å²) in [6, 6.07) is 4.12. The Morgan fingerprint density at radius 1 is 1.36 bits per heavy atom. The highest BCUT2D eigenvalue weighted by atomic mass is 32.1. The second-order valence-electron chi connectivity index (χ2n) is 5.20. The van der Waals surface area contributed by atoms with E-state index in [0.717, 1.165) is 42.3 Å². The van der Waals surface area contributed by atoms with Crippen LogP contribution in [0.5, 0.6) is 0 Å². The molecule has 0 bridgehead atoms. The second kappa shape index (κ2) is 6.46. The minimum atomic E-state index is 0.101. The number of carbonyl (C=O) groups excluding carboxylic acids is 1. The number of aryl methyl sites for hydroxylation is 1. The van der Waals surface area contributed by atoms with Gasteiger partial charge in [0.2, 0.25) is 0 Å². The Bertz CT molecular complexity index is 702. The number of nitriles is 1. The van der Waals surface area contributed by atoms with Crippen molar-refractivity contribution in [3.05, 3.63) is 33.6 Å². The zero-order chi connectivity index (χ0) is 15.5. The van der Waals surface area contributed by atoms with Crippen molar-refractivity contribution in [1.82, 2.24) is 9.27 Å². The molecule has 0 saturated carbocycles. The zero-order valence-electron chi connectivity index (χ0n) is 12.3. The number of nitrogens with zero attached hydrogens (tertiary/aromatic N) is 4. The Balaban J connectivity index is 1.72. The number of amides is 1. The van der Waals surface area contributed by atoms with Crippen LogP contribution in [0.1, 0.15) is 28.0 Å². The Labute approximate surface area is 137 Å². The van der Waals surface area contributed by atoms with Crippen molar-refractivity contribution in [1.29, 1.82) is 5.26 Å². The van der Waals surface area contributed by atoms with Crippen LogP contribution in [0.25, 0.3) is 0 Å². The Morgan fingerprint density at radius 2 is 2.23 bits per heavy atom. The number of carbonyl (C=O) groups is 1. The van der Waals surface area contributed by atoms with Gasteiger partial charge in [-0.15, -0.1) is 0 Å². The number of aromatic nitrogens is 1. The molecule has 1 aliphatic heterocycles. The lowest BCUT2D eigenvalue weighted by Gasteiger charge is -2.22. The fraction of sp³-hybridized carbons (Fsp3) is 0.400. The highest BCUT2D eigenvalue weighted by molar-refractivity contribution is 7.10. The van der Waals surface area contributed by atoms with E-state index in [0.29, 0.717) is 12.1 Å². The first kappa shape index (κ1) is 15.0. The van der Waals surface area contributed by atoms with Crippen LogP contribution in [0.3, 0.4) is 0 Å². The standard InChI is InChI=1S/C15H16N4OS2/c1-11-13(9-16)15(22-17-11)19-5-2-4-18(6-7-19)14(20)12-3-8-21-10-12/h3,8,10H,2,4-7H2,1H3. The van der Waals surface area contributed by atoms with Crippen LogP contribution in [0.4, 0.5) is 5.00 Å². The van der Waals surface area contributed by atoms with E-state index in [1.54, 1.807) is 11.3 Å². The largest absolute Gasteiger partial charge is 0.359 e. The molecule has 114 valence electrons. The Kier molecular flexibility index (Phi) is 4.41. The Morgan fingerprint density at radius 3 is 2.95 bits per heavy atom. The molecule has 0 aromatic carbocycles. The first-order valence-corrected chi connectivity index (χ1v) is 8.85. The summed E-state index contributed by atoms with van der Waals surface area (Å²) in [5.41, 5.74) is 2.23. The molecule has 0 spiro atoms. The molecule has 0 N–H and O–H groups in total. The van der Waals surface area contributed by atoms with Gasteiger partial charge in [-0.2, -0.15) is 21.0 Å². The number of thiophene rings is 1. The van der Waals surface area contributed by atoms with E-state index in [-0.39, 0.29) is 5.91 Å². The molecule has 7 heteroatoms. The lowest BCUT2D eigenvalue weighted by molar-refractivity contribution is 0.0767. The third-order valence-electron chi connectivity index (χ3n) is 3.79. The first-order chi connectivity index (χ1) is 10.7. The van der Waals surface area contributed by atoms with Gasteiger partial charge in [0, 0.05) is 31.6 Å². The molecule has 0 unspecified atom stereocenters. The van der Waals surface area contributed by atoms with Gasteiger partial charge in [-0.25, -0.2) is 0 Å². The smallest absolute Gasteiger partial charge is 0.254 e. The van der Waals surface area contributed by atoms with E-state index in [2.05, 4.69) is 15.3 Å². The van der Waals surface area contributed by atoms with E-state index in [9.17, 15) is 10.1 Å². The summed E-state index contributed by atoms with van der Waals surface area (Å²) in [6.07, 6.45) is 0.900. The fourth-order valence-corrected chi connectivity index (χ4v) is 4.12. The maximum atomic E-state index is 12.4. The maximum absolute atomic E-state index is 12.4. The van der Waals surface area contributed by atoms with Crippen molar-refractivity contribution in [2.24, 2.45) is 0 Å². The van der Waals surface area contributed by atoms with Crippen molar-refractivity contribution in [2.45, 2.75) is 13.3 Å². The summed E-state index contributed by atoms with van der Waals surface area (Å²) in [6.45, 7) is 4.89. The molecule has 2 aromatic rings. The molecule has 1 amide bonds. The lowest BCUT2D eigenvalue weighted by Crippen LogP contribution is -2.35. The third kappa shape index (κ3) is 2.85. The van der Waals surface area contributed by atoms with Gasteiger partial charge in [0.25, 0.3) is 5.91 Å². The van der Waals surface area contributed by atoms with E-state index in [1.165, 1.54) is 11.5 Å². The van der Waals surface area contributed by atoms with Gasteiger partial charge >= 0.3 is 0 Å². The maximum Gasteiger partial charge on any atom is 0.254 e. The SMILES string of the molecule is Cc1nsc(N2CCCN(C(=O)c3ccsc3)CC2)c1C#N. The normalized spacial score (nSPS) is 15.5. The van der Waals surface area contributed by atoms with Gasteiger partial charge in [-0.3, -0.25) is 4.79 Å². The fourth-order valence-electron chi connectivity index (χ4n) is 2.59. The Hall–Kier alpha value is -1.91. The molecule has 3 heterocycles. The van der Waals surface area contributed by atoms with Crippen molar-refractivity contribution in [2.75, 3.05) is 31.1 Å². The summed E-state index contributed by atoms with van der Waals surface area (Å²) >= 11 is 2.92. The van der Waals surface area contributed by atoms with Gasteiger partial charge in [0.05, 0.1) is 11.3 Å². The average molecular weight is 332 g/mol. The number of anilines is 1. The molecule has 5 nitrogen and oxygen atoms in total. The molecule has 1 saturated heterocycles. The monoisotopic (exact) mass is 332 g/mol. The summed E-state index contributed by atoms with van der Waals surface area (Å²) < 4.78 is 4.29. The van der Waals surface area contributed by atoms with Crippen LogP contribution in [-0.2, 0) is 0 Å². The quantitative estimate of drug-likeness (QED) is 0.848. The van der Waals surface area contributed by atoms with Crippen LogP contribution in [0, 0.1) is 18.3 Å². The first-order valence-electron chi connectivity index (χ1n) is 7.13. The van der Waals surface area contributed by atoms with Crippen LogP contribution in [-0.4, -0.2) is 41.4 Å². The highest BCUT2D eigenvalue weighted by Crippen LogP contribution is 2.28. The minimum absolute atomic E-state index is 0.101. The lowest BCUT2D eigenvalue weighted by atomic mass is 10.2. The van der Waals surface area contributed by atoms with Gasteiger partial charge < -0.3 is 9.80 Å². The minimum Gasteiger partial charge on any atom is -0.359 e. The molecule has 22 heavy (non-hydrogen) atoms. The molecule has 1 fully saturated rings. The topological polar surface area (TPSA) is 60.2 Å². The van der Waals surface area contributed by atoms with E-state index >= 15 is 0 Å². The third-order valence-corrected chi connectivity index (χ3v) is 5.48. The highest BCUT2D eigenvalue weighted by Gasteiger charge is 2.23. The molecular weight excluding hydrogens is 316 g/mol. The van der Waals surface area contributed by atoms with Gasteiger partial charge in [-0.05, 0) is 36.3 Å². The van der Waals surface area contributed by atoms with Crippen molar-refractivity contribution in [3.8, 4) is 6.07 Å². The van der Waals surface area contributed by atoms with Gasteiger partial charge in [0.1, 0.15) is 16.6 Å². The molecule has 0 aliphatic carbocycles. The van der Waals surface area contributed by atoms with Crippen molar-refractivity contribution >= 4 is 33.8 Å². The second-order valence-corrected chi connectivity index (χ2v) is 6.74. The van der Waals surface area contributed by atoms with Crippen LogP contribution < -0.4 is 4.90 Å². The van der Waals surface area contributed by atoms with Gasteiger partial charge in [-0.1, -0.05) is 0 Å². The number of rotatable bonds is 2.